The minimum Gasteiger partial charge on any atom is -0.316 e. The van der Waals surface area contributed by atoms with Crippen LogP contribution >= 0.6 is 0 Å². The number of nitrogens with one attached hydrogen (secondary N) is 1. The molecule has 0 aromatic carbocycles. The zero-order chi connectivity index (χ0) is 8.66. The Kier molecular flexibility index (Phi) is 1.95. The maximum atomic E-state index is 3.52. The molecule has 0 radical (unpaired) electrons. The normalized spacial score (nSPS) is 40.5. The van der Waals surface area contributed by atoms with Crippen LogP contribution in [0.2, 0.25) is 0 Å². The van der Waals surface area contributed by atoms with Gasteiger partial charge in [0.1, 0.15) is 0 Å². The van der Waals surface area contributed by atoms with E-state index in [0.717, 1.165) is 0 Å². The van der Waals surface area contributed by atoms with Gasteiger partial charge in [-0.05, 0) is 43.1 Å². The molecule has 1 unspecified atom stereocenters. The van der Waals surface area contributed by atoms with E-state index in [9.17, 15) is 0 Å². The van der Waals surface area contributed by atoms with E-state index in [1.165, 1.54) is 45.2 Å². The Balaban J connectivity index is 2.07. The number of hydrogen-bond donors (Lipinski definition) is 1. The van der Waals surface area contributed by atoms with Crippen molar-refractivity contribution in [3.05, 3.63) is 0 Å². The third-order valence-electron chi connectivity index (χ3n) is 3.75. The molecule has 1 N–H and O–H groups in total. The van der Waals surface area contributed by atoms with Gasteiger partial charge in [-0.1, -0.05) is 20.3 Å². The van der Waals surface area contributed by atoms with Crippen molar-refractivity contribution in [3.8, 4) is 0 Å². The summed E-state index contributed by atoms with van der Waals surface area (Å²) in [6.07, 6.45) is 7.25. The minimum absolute atomic E-state index is 0.615. The Labute approximate surface area is 75.9 Å². The quantitative estimate of drug-likeness (QED) is 0.584. The molecule has 2 fully saturated rings. The fourth-order valence-corrected chi connectivity index (χ4v) is 3.29. The third-order valence-corrected chi connectivity index (χ3v) is 3.75. The van der Waals surface area contributed by atoms with Crippen molar-refractivity contribution >= 4 is 0 Å². The summed E-state index contributed by atoms with van der Waals surface area (Å²) in [5.41, 5.74) is 1.31. The summed E-state index contributed by atoms with van der Waals surface area (Å²) in [5.74, 6) is 0. The second-order valence-corrected chi connectivity index (χ2v) is 5.62. The van der Waals surface area contributed by atoms with Crippen molar-refractivity contribution in [3.63, 3.8) is 0 Å². The van der Waals surface area contributed by atoms with Gasteiger partial charge >= 0.3 is 0 Å². The summed E-state index contributed by atoms with van der Waals surface area (Å²) in [5, 5.41) is 3.52. The van der Waals surface area contributed by atoms with E-state index in [4.69, 9.17) is 0 Å². The van der Waals surface area contributed by atoms with Crippen molar-refractivity contribution in [2.24, 2.45) is 10.8 Å². The molecule has 2 aliphatic rings. The molecular weight excluding hydrogens is 146 g/mol. The van der Waals surface area contributed by atoms with Gasteiger partial charge < -0.3 is 5.32 Å². The fourth-order valence-electron chi connectivity index (χ4n) is 3.29. The van der Waals surface area contributed by atoms with Crippen LogP contribution in [-0.2, 0) is 0 Å². The monoisotopic (exact) mass is 167 g/mol. The predicted molar refractivity (Wildman–Crippen MR) is 52.2 cm³/mol. The Morgan fingerprint density at radius 2 is 1.92 bits per heavy atom. The lowest BCUT2D eigenvalue weighted by atomic mass is 9.63. The maximum Gasteiger partial charge on any atom is 0.000849 e. The third kappa shape index (κ3) is 1.52. The summed E-state index contributed by atoms with van der Waals surface area (Å²) in [7, 11) is 0. The van der Waals surface area contributed by atoms with Crippen LogP contribution in [0.1, 0.15) is 46.0 Å². The maximum absolute atomic E-state index is 3.52. The summed E-state index contributed by atoms with van der Waals surface area (Å²) in [6.45, 7) is 7.42. The molecule has 1 aliphatic carbocycles. The highest BCUT2D eigenvalue weighted by Gasteiger charge is 2.41. The highest BCUT2D eigenvalue weighted by molar-refractivity contribution is 4.95. The Morgan fingerprint density at radius 3 is 2.50 bits per heavy atom. The first-order valence-corrected chi connectivity index (χ1v) is 5.33. The minimum atomic E-state index is 0.615. The fraction of sp³-hybridized carbons (Fsp3) is 1.00. The van der Waals surface area contributed by atoms with E-state index < -0.39 is 0 Å². The Morgan fingerprint density at radius 1 is 1.08 bits per heavy atom. The number of rotatable bonds is 0. The van der Waals surface area contributed by atoms with Crippen molar-refractivity contribution in [1.29, 1.82) is 0 Å². The van der Waals surface area contributed by atoms with Gasteiger partial charge in [0.25, 0.3) is 0 Å². The molecule has 1 atom stereocenters. The van der Waals surface area contributed by atoms with Gasteiger partial charge in [0.15, 0.2) is 0 Å². The van der Waals surface area contributed by atoms with Crippen LogP contribution in [0.15, 0.2) is 0 Å². The molecule has 0 aromatic heterocycles. The molecule has 1 saturated carbocycles. The molecule has 1 nitrogen and oxygen atoms in total. The summed E-state index contributed by atoms with van der Waals surface area (Å²) >= 11 is 0. The SMILES string of the molecule is CC1(C)CCCC2(CCNC2)C1. The van der Waals surface area contributed by atoms with Crippen LogP contribution in [0.5, 0.6) is 0 Å². The molecule has 0 amide bonds. The van der Waals surface area contributed by atoms with Gasteiger partial charge in [-0.25, -0.2) is 0 Å². The average molecular weight is 167 g/mol. The Hall–Kier alpha value is -0.0400. The highest BCUT2D eigenvalue weighted by Crippen LogP contribution is 2.48. The molecule has 70 valence electrons. The summed E-state index contributed by atoms with van der Waals surface area (Å²) < 4.78 is 0. The van der Waals surface area contributed by atoms with Crippen LogP contribution in [0.4, 0.5) is 0 Å². The van der Waals surface area contributed by atoms with Gasteiger partial charge in [0, 0.05) is 6.54 Å². The van der Waals surface area contributed by atoms with Crippen LogP contribution in [-0.4, -0.2) is 13.1 Å². The smallest absolute Gasteiger partial charge is 0.000849 e. The van der Waals surface area contributed by atoms with Crippen LogP contribution in [0.25, 0.3) is 0 Å². The van der Waals surface area contributed by atoms with Gasteiger partial charge in [-0.3, -0.25) is 0 Å². The number of hydrogen-bond acceptors (Lipinski definition) is 1. The highest BCUT2D eigenvalue weighted by atomic mass is 14.9. The molecule has 0 aromatic rings. The first-order chi connectivity index (χ1) is 5.62. The topological polar surface area (TPSA) is 12.0 Å². The van der Waals surface area contributed by atoms with Crippen molar-refractivity contribution in [1.82, 2.24) is 5.32 Å². The van der Waals surface area contributed by atoms with E-state index in [2.05, 4.69) is 19.2 Å². The van der Waals surface area contributed by atoms with Crippen molar-refractivity contribution in [2.45, 2.75) is 46.0 Å². The van der Waals surface area contributed by atoms with E-state index in [-0.39, 0.29) is 0 Å². The van der Waals surface area contributed by atoms with E-state index in [0.29, 0.717) is 10.8 Å². The van der Waals surface area contributed by atoms with Gasteiger partial charge in [-0.15, -0.1) is 0 Å². The summed E-state index contributed by atoms with van der Waals surface area (Å²) in [6, 6.07) is 0. The zero-order valence-electron chi connectivity index (χ0n) is 8.45. The predicted octanol–water partition coefficient (Wildman–Crippen LogP) is 2.57. The second-order valence-electron chi connectivity index (χ2n) is 5.62. The molecule has 0 bridgehead atoms. The molecule has 1 saturated heterocycles. The standard InChI is InChI=1S/C11H21N/c1-10(2)4-3-5-11(8-10)6-7-12-9-11/h12H,3-9H2,1-2H3. The molecule has 1 heterocycles. The Bertz CT molecular complexity index is 166. The van der Waals surface area contributed by atoms with Crippen LogP contribution in [0.3, 0.4) is 0 Å². The van der Waals surface area contributed by atoms with Gasteiger partial charge in [-0.2, -0.15) is 0 Å². The van der Waals surface area contributed by atoms with Crippen molar-refractivity contribution in [2.75, 3.05) is 13.1 Å². The van der Waals surface area contributed by atoms with Crippen molar-refractivity contribution < 1.29 is 0 Å². The van der Waals surface area contributed by atoms with E-state index in [1.807, 2.05) is 0 Å². The zero-order valence-corrected chi connectivity index (χ0v) is 8.45. The summed E-state index contributed by atoms with van der Waals surface area (Å²) in [4.78, 5) is 0. The lowest BCUT2D eigenvalue weighted by molar-refractivity contribution is 0.100. The first-order valence-electron chi connectivity index (χ1n) is 5.33. The lowest BCUT2D eigenvalue weighted by Gasteiger charge is -2.42. The van der Waals surface area contributed by atoms with E-state index >= 15 is 0 Å². The molecule has 1 heteroatoms. The van der Waals surface area contributed by atoms with E-state index in [1.54, 1.807) is 0 Å². The van der Waals surface area contributed by atoms with Crippen LogP contribution < -0.4 is 5.32 Å². The van der Waals surface area contributed by atoms with Gasteiger partial charge in [0.05, 0.1) is 0 Å². The molecule has 1 aliphatic heterocycles. The molecular formula is C11H21N. The van der Waals surface area contributed by atoms with Crippen LogP contribution in [0, 0.1) is 10.8 Å². The second kappa shape index (κ2) is 2.73. The molecule has 12 heavy (non-hydrogen) atoms. The lowest BCUT2D eigenvalue weighted by Crippen LogP contribution is -2.34. The largest absolute Gasteiger partial charge is 0.316 e. The first kappa shape index (κ1) is 8.55. The molecule has 2 rings (SSSR count). The van der Waals surface area contributed by atoms with Gasteiger partial charge in [0.2, 0.25) is 0 Å². The average Bonchev–Trinajstić information content (AvgIpc) is 2.34. The molecule has 1 spiro atoms.